The van der Waals surface area contributed by atoms with Crippen LogP contribution in [0.15, 0.2) is 108 Å². The highest BCUT2D eigenvalue weighted by Crippen LogP contribution is 2.26. The topological polar surface area (TPSA) is 109 Å². The van der Waals surface area contributed by atoms with Crippen LogP contribution >= 0.6 is 12.4 Å². The molecule has 0 bridgehead atoms. The third-order valence-electron chi connectivity index (χ3n) is 6.07. The molecule has 8 nitrogen and oxygen atoms in total. The molecule has 0 atom stereocenters. The molecule has 0 spiro atoms. The third-order valence-corrected chi connectivity index (χ3v) is 6.07. The Morgan fingerprint density at radius 3 is 2.20 bits per heavy atom. The van der Waals surface area contributed by atoms with E-state index in [4.69, 9.17) is 14.3 Å². The van der Waals surface area contributed by atoms with Crippen LogP contribution in [-0.4, -0.2) is 34.9 Å². The van der Waals surface area contributed by atoms with Crippen LogP contribution in [0, 0.1) is 0 Å². The molecule has 0 saturated carbocycles. The first-order chi connectivity index (χ1) is 18.9. The van der Waals surface area contributed by atoms with Crippen molar-refractivity contribution in [3.8, 4) is 5.75 Å². The number of aromatic carboxylic acids is 1. The van der Waals surface area contributed by atoms with Crippen LogP contribution in [0.5, 0.6) is 5.75 Å². The van der Waals surface area contributed by atoms with Crippen molar-refractivity contribution in [1.29, 1.82) is 0 Å². The molecule has 40 heavy (non-hydrogen) atoms. The minimum absolute atomic E-state index is 0. The lowest BCUT2D eigenvalue weighted by Gasteiger charge is -2.15. The molecular formula is C31H25ClN2O6. The summed E-state index contributed by atoms with van der Waals surface area (Å²) in [6.07, 6.45) is 0. The second-order valence-corrected chi connectivity index (χ2v) is 8.91. The number of hydrogen-bond acceptors (Lipinski definition) is 6. The smallest absolute Gasteiger partial charge is 0.379 e. The molecule has 0 saturated heterocycles. The number of nitrogens with one attached hydrogen (secondary N) is 1. The predicted octanol–water partition coefficient (Wildman–Crippen LogP) is 6.79. The number of fused-ring (bicyclic) bond motifs is 1. The molecule has 9 heteroatoms. The van der Waals surface area contributed by atoms with Crippen LogP contribution in [0.4, 0.5) is 11.4 Å². The van der Waals surface area contributed by atoms with Crippen molar-refractivity contribution in [3.63, 3.8) is 0 Å². The molecule has 1 heterocycles. The number of anilines is 2. The van der Waals surface area contributed by atoms with Crippen LogP contribution < -0.4 is 10.1 Å². The van der Waals surface area contributed by atoms with Gasteiger partial charge < -0.3 is 24.5 Å². The Kier molecular flexibility index (Phi) is 8.51. The zero-order chi connectivity index (χ0) is 27.4. The number of para-hydroxylation sites is 1. The molecule has 202 valence electrons. The van der Waals surface area contributed by atoms with Gasteiger partial charge in [-0.25, -0.2) is 9.59 Å². The number of hydrogen-bond donors (Lipinski definition) is 2. The van der Waals surface area contributed by atoms with Crippen LogP contribution in [-0.2, 0) is 6.54 Å². The van der Waals surface area contributed by atoms with Gasteiger partial charge in [0.1, 0.15) is 11.5 Å². The van der Waals surface area contributed by atoms with Gasteiger partial charge in [0.05, 0.1) is 12.1 Å². The number of furan rings is 1. The minimum atomic E-state index is -1.06. The summed E-state index contributed by atoms with van der Waals surface area (Å²) in [4.78, 5) is 37.8. The molecule has 4 aromatic carbocycles. The van der Waals surface area contributed by atoms with Crippen LogP contribution in [0.25, 0.3) is 10.8 Å². The van der Waals surface area contributed by atoms with Crippen LogP contribution in [0.3, 0.4) is 0 Å². The summed E-state index contributed by atoms with van der Waals surface area (Å²) in [7, 11) is 1.59. The number of benzene rings is 4. The number of carbonyl (C=O) groups is 3. The van der Waals surface area contributed by atoms with Gasteiger partial charge in [-0.15, -0.1) is 12.4 Å². The Labute approximate surface area is 236 Å². The van der Waals surface area contributed by atoms with Gasteiger partial charge in [0.2, 0.25) is 5.76 Å². The molecule has 0 unspecified atom stereocenters. The lowest BCUT2D eigenvalue weighted by atomic mass is 10.1. The fourth-order valence-corrected chi connectivity index (χ4v) is 4.06. The molecule has 1 aromatic heterocycles. The fourth-order valence-electron chi connectivity index (χ4n) is 4.06. The average Bonchev–Trinajstić information content (AvgIpc) is 3.42. The molecule has 0 aliphatic rings. The molecule has 5 aromatic rings. The Hall–Kier alpha value is -5.08. The number of esters is 1. The lowest BCUT2D eigenvalue weighted by Crippen LogP contribution is -2.26. The minimum Gasteiger partial charge on any atom is -0.478 e. The van der Waals surface area contributed by atoms with Gasteiger partial charge in [-0.2, -0.15) is 0 Å². The predicted molar refractivity (Wildman–Crippen MR) is 154 cm³/mol. The molecule has 1 amide bonds. The average molecular weight is 557 g/mol. The van der Waals surface area contributed by atoms with Crippen molar-refractivity contribution in [2.45, 2.75) is 6.54 Å². The summed E-state index contributed by atoms with van der Waals surface area (Å²) in [5, 5.41) is 14.3. The molecule has 2 N–H and O–H groups in total. The van der Waals surface area contributed by atoms with E-state index in [2.05, 4.69) is 5.32 Å². The standard InChI is InChI=1S/C31H24N2O6.ClH/c1-33(29(34)20-7-9-21(10-8-20)30(35)36)19-27-15-16-28(38-27)31(37)39-26-14-12-22-17-25(13-11-23(22)18-26)32-24-5-3-2-4-6-24;/h2-18,32H,19H2,1H3,(H,35,36);1H. The summed E-state index contributed by atoms with van der Waals surface area (Å²) in [6, 6.07) is 29.9. The van der Waals surface area contributed by atoms with Gasteiger partial charge >= 0.3 is 11.9 Å². The zero-order valence-electron chi connectivity index (χ0n) is 21.4. The second kappa shape index (κ2) is 12.2. The Morgan fingerprint density at radius 2 is 1.48 bits per heavy atom. The van der Waals surface area contributed by atoms with E-state index in [0.717, 1.165) is 22.1 Å². The number of halogens is 1. The lowest BCUT2D eigenvalue weighted by molar-refractivity contribution is 0.0684. The Morgan fingerprint density at radius 1 is 0.800 bits per heavy atom. The van der Waals surface area contributed by atoms with E-state index in [1.807, 2.05) is 54.6 Å². The highest BCUT2D eigenvalue weighted by molar-refractivity contribution is 5.96. The molecule has 0 fully saturated rings. The number of rotatable bonds is 8. The molecule has 0 aliphatic carbocycles. The van der Waals surface area contributed by atoms with Gasteiger partial charge in [0.25, 0.3) is 5.91 Å². The second-order valence-electron chi connectivity index (χ2n) is 8.91. The fraction of sp³-hybridized carbons (Fsp3) is 0.0645. The number of carboxylic acids is 1. The molecule has 0 aliphatic heterocycles. The van der Waals surface area contributed by atoms with E-state index in [1.54, 1.807) is 25.2 Å². The van der Waals surface area contributed by atoms with E-state index in [-0.39, 0.29) is 36.2 Å². The van der Waals surface area contributed by atoms with E-state index >= 15 is 0 Å². The van der Waals surface area contributed by atoms with Gasteiger partial charge in [0, 0.05) is 24.0 Å². The van der Waals surface area contributed by atoms with E-state index < -0.39 is 11.9 Å². The maximum absolute atomic E-state index is 12.7. The summed E-state index contributed by atoms with van der Waals surface area (Å²) in [5.74, 6) is -1.24. The van der Waals surface area contributed by atoms with Crippen molar-refractivity contribution in [2.75, 3.05) is 12.4 Å². The van der Waals surface area contributed by atoms with Crippen molar-refractivity contribution in [3.05, 3.63) is 126 Å². The van der Waals surface area contributed by atoms with Gasteiger partial charge in [-0.05, 0) is 83.6 Å². The largest absolute Gasteiger partial charge is 0.478 e. The molecule has 0 radical (unpaired) electrons. The van der Waals surface area contributed by atoms with Gasteiger partial charge in [0.15, 0.2) is 0 Å². The Bertz CT molecular complexity index is 1660. The van der Waals surface area contributed by atoms with E-state index in [9.17, 15) is 14.4 Å². The summed E-state index contributed by atoms with van der Waals surface area (Å²) in [5.41, 5.74) is 2.38. The monoisotopic (exact) mass is 556 g/mol. The normalized spacial score (nSPS) is 10.4. The number of amides is 1. The van der Waals surface area contributed by atoms with Crippen molar-refractivity contribution in [1.82, 2.24) is 4.90 Å². The number of carboxylic acid groups (broad SMARTS) is 1. The quantitative estimate of drug-likeness (QED) is 0.160. The number of carbonyl (C=O) groups excluding carboxylic acids is 2. The summed E-state index contributed by atoms with van der Waals surface area (Å²) < 4.78 is 11.2. The first-order valence-corrected chi connectivity index (χ1v) is 12.1. The van der Waals surface area contributed by atoms with Crippen LogP contribution in [0.1, 0.15) is 37.0 Å². The first-order valence-electron chi connectivity index (χ1n) is 12.1. The number of nitrogens with zero attached hydrogens (tertiary/aromatic N) is 1. The van der Waals surface area contributed by atoms with Crippen LogP contribution in [0.2, 0.25) is 0 Å². The first kappa shape index (κ1) is 27.9. The molecule has 5 rings (SSSR count). The van der Waals surface area contributed by atoms with Crippen molar-refractivity contribution in [2.24, 2.45) is 0 Å². The van der Waals surface area contributed by atoms with E-state index in [0.29, 0.717) is 17.1 Å². The summed E-state index contributed by atoms with van der Waals surface area (Å²) in [6.45, 7) is 0.113. The zero-order valence-corrected chi connectivity index (χ0v) is 22.2. The highest BCUT2D eigenvalue weighted by Gasteiger charge is 2.18. The maximum Gasteiger partial charge on any atom is 0.379 e. The van der Waals surface area contributed by atoms with Crippen molar-refractivity contribution >= 4 is 52.4 Å². The van der Waals surface area contributed by atoms with Gasteiger partial charge in [-0.1, -0.05) is 30.3 Å². The number of ether oxygens (including phenoxy) is 1. The molecular weight excluding hydrogens is 532 g/mol. The maximum atomic E-state index is 12.7. The summed E-state index contributed by atoms with van der Waals surface area (Å²) >= 11 is 0. The van der Waals surface area contributed by atoms with E-state index in [1.165, 1.54) is 35.2 Å². The third kappa shape index (κ3) is 6.48. The Balaban J connectivity index is 0.00000370. The highest BCUT2D eigenvalue weighted by atomic mass is 35.5. The van der Waals surface area contributed by atoms with Gasteiger partial charge in [-0.3, -0.25) is 4.79 Å². The van der Waals surface area contributed by atoms with Crippen molar-refractivity contribution < 1.29 is 28.6 Å². The SMILES string of the molecule is CN(Cc1ccc(C(=O)Oc2ccc3cc(Nc4ccccc4)ccc3c2)o1)C(=O)c1ccc(C(=O)O)cc1.Cl.